The number of aromatic nitrogens is 1. The van der Waals surface area contributed by atoms with Crippen molar-refractivity contribution in [3.63, 3.8) is 0 Å². The number of benzene rings is 1. The minimum Gasteiger partial charge on any atom is -0.358 e. The number of aryl methyl sites for hydroxylation is 1. The van der Waals surface area contributed by atoms with Crippen molar-refractivity contribution >= 4 is 35.0 Å². The van der Waals surface area contributed by atoms with Gasteiger partial charge in [-0.2, -0.15) is 5.10 Å². The molecule has 0 aliphatic heterocycles. The zero-order valence-electron chi connectivity index (χ0n) is 17.8. The van der Waals surface area contributed by atoms with Crippen LogP contribution in [0.1, 0.15) is 73.5 Å². The zero-order valence-corrected chi connectivity index (χ0v) is 17.8. The Labute approximate surface area is 177 Å². The van der Waals surface area contributed by atoms with Crippen molar-refractivity contribution in [3.8, 4) is 0 Å². The minimum atomic E-state index is 0.0132. The monoisotopic (exact) mass is 411 g/mol. The number of amides is 1. The molecule has 1 aliphatic rings. The van der Waals surface area contributed by atoms with E-state index in [0.717, 1.165) is 67.2 Å². The number of aldehydes is 1. The van der Waals surface area contributed by atoms with E-state index >= 15 is 0 Å². The molecule has 7 nitrogen and oxygen atoms in total. The van der Waals surface area contributed by atoms with E-state index < -0.39 is 0 Å². The largest absolute Gasteiger partial charge is 0.358 e. The lowest BCUT2D eigenvalue weighted by Gasteiger charge is -2.20. The SMILES string of the molecule is CCNCCCc1[nH]c2cc(NC(=O)CC3CCCCC3)cc(C=O)c2c1/C=N\N. The molecule has 0 saturated heterocycles. The molecule has 30 heavy (non-hydrogen) atoms. The van der Waals surface area contributed by atoms with Crippen LogP contribution in [0.25, 0.3) is 10.9 Å². The Morgan fingerprint density at radius 1 is 1.30 bits per heavy atom. The molecular weight excluding hydrogens is 378 g/mol. The van der Waals surface area contributed by atoms with Crippen LogP contribution >= 0.6 is 0 Å². The number of H-pyrrole nitrogens is 1. The molecule has 1 fully saturated rings. The number of nitrogens with one attached hydrogen (secondary N) is 3. The molecule has 1 aliphatic carbocycles. The molecule has 1 amide bonds. The second-order valence-corrected chi connectivity index (χ2v) is 8.11. The molecule has 1 saturated carbocycles. The van der Waals surface area contributed by atoms with Crippen LogP contribution in [0.5, 0.6) is 0 Å². The van der Waals surface area contributed by atoms with Gasteiger partial charge in [0.2, 0.25) is 5.91 Å². The van der Waals surface area contributed by atoms with Crippen molar-refractivity contribution in [3.05, 3.63) is 29.0 Å². The Morgan fingerprint density at radius 3 is 2.80 bits per heavy atom. The number of nitrogens with two attached hydrogens (primary N) is 1. The van der Waals surface area contributed by atoms with Gasteiger partial charge in [-0.05, 0) is 56.8 Å². The number of carbonyl (C=O) groups excluding carboxylic acids is 2. The van der Waals surface area contributed by atoms with E-state index in [0.29, 0.717) is 23.6 Å². The molecule has 3 rings (SSSR count). The van der Waals surface area contributed by atoms with Crippen LogP contribution in [0.4, 0.5) is 5.69 Å². The highest BCUT2D eigenvalue weighted by Gasteiger charge is 2.19. The van der Waals surface area contributed by atoms with Crippen molar-refractivity contribution < 1.29 is 9.59 Å². The van der Waals surface area contributed by atoms with Crippen LogP contribution in [-0.4, -0.2) is 36.5 Å². The van der Waals surface area contributed by atoms with Gasteiger partial charge in [0.25, 0.3) is 0 Å². The van der Waals surface area contributed by atoms with Crippen LogP contribution in [0, 0.1) is 5.92 Å². The Morgan fingerprint density at radius 2 is 2.10 bits per heavy atom. The number of aromatic amines is 1. The van der Waals surface area contributed by atoms with Gasteiger partial charge in [-0.1, -0.05) is 26.2 Å². The highest BCUT2D eigenvalue weighted by molar-refractivity contribution is 6.10. The second-order valence-electron chi connectivity index (χ2n) is 8.11. The molecule has 1 aromatic heterocycles. The number of nitrogens with zero attached hydrogens (tertiary/aromatic N) is 1. The first-order valence-corrected chi connectivity index (χ1v) is 11.0. The van der Waals surface area contributed by atoms with Crippen molar-refractivity contribution in [1.29, 1.82) is 0 Å². The molecular formula is C23H33N5O2. The van der Waals surface area contributed by atoms with Gasteiger partial charge in [-0.15, -0.1) is 0 Å². The Bertz CT molecular complexity index is 897. The normalized spacial score (nSPS) is 15.1. The van der Waals surface area contributed by atoms with E-state index in [2.05, 4.69) is 27.6 Å². The fraction of sp³-hybridized carbons (Fsp3) is 0.522. The van der Waals surface area contributed by atoms with E-state index in [-0.39, 0.29) is 5.91 Å². The van der Waals surface area contributed by atoms with Crippen LogP contribution in [0.2, 0.25) is 0 Å². The highest BCUT2D eigenvalue weighted by atomic mass is 16.1. The fourth-order valence-electron chi connectivity index (χ4n) is 4.46. The van der Waals surface area contributed by atoms with E-state index in [1.54, 1.807) is 12.3 Å². The quantitative estimate of drug-likeness (QED) is 0.157. The number of hydrazone groups is 1. The van der Waals surface area contributed by atoms with Gasteiger partial charge < -0.3 is 21.5 Å². The summed E-state index contributed by atoms with van der Waals surface area (Å²) in [6, 6.07) is 3.63. The molecule has 7 heteroatoms. The first-order valence-electron chi connectivity index (χ1n) is 11.0. The lowest BCUT2D eigenvalue weighted by atomic mass is 9.87. The first kappa shape index (κ1) is 22.0. The maximum atomic E-state index is 12.5. The molecule has 162 valence electrons. The Hall–Kier alpha value is -2.67. The smallest absolute Gasteiger partial charge is 0.224 e. The van der Waals surface area contributed by atoms with Crippen molar-refractivity contribution in [2.45, 2.75) is 58.3 Å². The molecule has 0 atom stereocenters. The molecule has 5 N–H and O–H groups in total. The maximum absolute atomic E-state index is 12.5. The van der Waals surface area contributed by atoms with Crippen molar-refractivity contribution in [1.82, 2.24) is 10.3 Å². The summed E-state index contributed by atoms with van der Waals surface area (Å²) in [5.41, 5.74) is 3.80. The van der Waals surface area contributed by atoms with E-state index in [9.17, 15) is 9.59 Å². The molecule has 1 aromatic carbocycles. The summed E-state index contributed by atoms with van der Waals surface area (Å²) < 4.78 is 0. The van der Waals surface area contributed by atoms with Crippen LogP contribution in [-0.2, 0) is 11.2 Å². The number of hydrogen-bond donors (Lipinski definition) is 4. The lowest BCUT2D eigenvalue weighted by Crippen LogP contribution is -2.18. The Kier molecular flexibility index (Phi) is 8.02. The number of rotatable bonds is 10. The van der Waals surface area contributed by atoms with Gasteiger partial charge in [0.1, 0.15) is 0 Å². The van der Waals surface area contributed by atoms with Gasteiger partial charge in [-0.25, -0.2) is 0 Å². The molecule has 0 spiro atoms. The average Bonchev–Trinajstić information content (AvgIpc) is 3.09. The summed E-state index contributed by atoms with van der Waals surface area (Å²) in [4.78, 5) is 27.8. The van der Waals surface area contributed by atoms with E-state index in [1.807, 2.05) is 6.07 Å². The van der Waals surface area contributed by atoms with Crippen LogP contribution in [0.3, 0.4) is 0 Å². The number of hydrogen-bond acceptors (Lipinski definition) is 5. The third-order valence-electron chi connectivity index (χ3n) is 5.89. The van der Waals surface area contributed by atoms with Crippen LogP contribution in [0.15, 0.2) is 17.2 Å². The number of carbonyl (C=O) groups is 2. The average molecular weight is 412 g/mol. The van der Waals surface area contributed by atoms with Gasteiger partial charge in [-0.3, -0.25) is 9.59 Å². The zero-order chi connectivity index (χ0) is 21.3. The van der Waals surface area contributed by atoms with Crippen LogP contribution < -0.4 is 16.5 Å². The standard InChI is InChI=1S/C23H33N5O2/c1-2-25-10-6-9-20-19(14-26-24)23-17(15-29)12-18(13-21(23)28-20)27-22(30)11-16-7-4-3-5-8-16/h12-16,25,28H,2-11,24H2,1H3,(H,27,30)/b26-14-. The molecule has 2 aromatic rings. The summed E-state index contributed by atoms with van der Waals surface area (Å²) in [6.45, 7) is 3.92. The van der Waals surface area contributed by atoms with Crippen molar-refractivity contribution in [2.75, 3.05) is 18.4 Å². The predicted molar refractivity (Wildman–Crippen MR) is 122 cm³/mol. The van der Waals surface area contributed by atoms with Crippen molar-refractivity contribution in [2.24, 2.45) is 16.9 Å². The maximum Gasteiger partial charge on any atom is 0.224 e. The molecule has 0 radical (unpaired) electrons. The van der Waals surface area contributed by atoms with Gasteiger partial charge in [0.15, 0.2) is 6.29 Å². The molecule has 0 unspecified atom stereocenters. The minimum absolute atomic E-state index is 0.0132. The first-order chi connectivity index (χ1) is 14.7. The third-order valence-corrected chi connectivity index (χ3v) is 5.89. The second kappa shape index (κ2) is 10.9. The third kappa shape index (κ3) is 5.48. The highest BCUT2D eigenvalue weighted by Crippen LogP contribution is 2.30. The topological polar surface area (TPSA) is 112 Å². The molecule has 1 heterocycles. The summed E-state index contributed by atoms with van der Waals surface area (Å²) in [6.07, 6.45) is 10.7. The van der Waals surface area contributed by atoms with Gasteiger partial charge >= 0.3 is 0 Å². The number of fused-ring (bicyclic) bond motifs is 1. The van der Waals surface area contributed by atoms with E-state index in [4.69, 9.17) is 5.84 Å². The summed E-state index contributed by atoms with van der Waals surface area (Å²) in [5.74, 6) is 5.91. The summed E-state index contributed by atoms with van der Waals surface area (Å²) >= 11 is 0. The summed E-state index contributed by atoms with van der Waals surface area (Å²) in [5, 5.41) is 10.8. The molecule has 0 bridgehead atoms. The lowest BCUT2D eigenvalue weighted by molar-refractivity contribution is -0.117. The number of anilines is 1. The van der Waals surface area contributed by atoms with Gasteiger partial charge in [0, 0.05) is 39.8 Å². The predicted octanol–water partition coefficient (Wildman–Crippen LogP) is 3.72. The fourth-order valence-corrected chi connectivity index (χ4v) is 4.46. The summed E-state index contributed by atoms with van der Waals surface area (Å²) in [7, 11) is 0. The van der Waals surface area contributed by atoms with E-state index in [1.165, 1.54) is 19.3 Å². The Balaban J connectivity index is 1.83. The van der Waals surface area contributed by atoms with Gasteiger partial charge in [0.05, 0.1) is 6.21 Å².